The standard InChI is InChI=1S/C20H26N4O2/c1-22-20(25)13-18(14-21-22)24-9-7-23(8-10-24)15-16-6-11-26-19-5-3-2-4-17(19)12-16/h2-5,13-14,16H,6-12,15H2,1H3/t16-/m0/s1. The molecule has 26 heavy (non-hydrogen) atoms. The Morgan fingerprint density at radius 3 is 2.81 bits per heavy atom. The van der Waals surface area contributed by atoms with Crippen LogP contribution in [0.3, 0.4) is 0 Å². The van der Waals surface area contributed by atoms with Crippen molar-refractivity contribution in [2.24, 2.45) is 13.0 Å². The second-order valence-corrected chi connectivity index (χ2v) is 7.28. The molecule has 1 aromatic carbocycles. The Labute approximate surface area is 154 Å². The van der Waals surface area contributed by atoms with Crippen LogP contribution in [-0.4, -0.2) is 54.0 Å². The van der Waals surface area contributed by atoms with Crippen molar-refractivity contribution in [3.8, 4) is 5.75 Å². The second-order valence-electron chi connectivity index (χ2n) is 7.28. The fourth-order valence-electron chi connectivity index (χ4n) is 3.90. The van der Waals surface area contributed by atoms with E-state index in [9.17, 15) is 4.79 Å². The lowest BCUT2D eigenvalue weighted by molar-refractivity contribution is 0.201. The van der Waals surface area contributed by atoms with Crippen molar-refractivity contribution in [2.75, 3.05) is 44.2 Å². The summed E-state index contributed by atoms with van der Waals surface area (Å²) in [5, 5.41) is 4.13. The van der Waals surface area contributed by atoms with Crippen LogP contribution in [0.2, 0.25) is 0 Å². The van der Waals surface area contributed by atoms with Crippen molar-refractivity contribution in [1.29, 1.82) is 0 Å². The maximum atomic E-state index is 11.8. The van der Waals surface area contributed by atoms with Crippen LogP contribution in [0.1, 0.15) is 12.0 Å². The summed E-state index contributed by atoms with van der Waals surface area (Å²) in [6.45, 7) is 5.84. The first-order chi connectivity index (χ1) is 12.7. The van der Waals surface area contributed by atoms with Crippen LogP contribution in [0.4, 0.5) is 5.69 Å². The van der Waals surface area contributed by atoms with Gasteiger partial charge in [-0.25, -0.2) is 4.68 Å². The highest BCUT2D eigenvalue weighted by Crippen LogP contribution is 2.27. The van der Waals surface area contributed by atoms with E-state index in [2.05, 4.69) is 33.1 Å². The van der Waals surface area contributed by atoms with Crippen molar-refractivity contribution in [3.63, 3.8) is 0 Å². The summed E-state index contributed by atoms with van der Waals surface area (Å²) in [5.41, 5.74) is 2.21. The van der Waals surface area contributed by atoms with Crippen LogP contribution in [0.5, 0.6) is 5.75 Å². The molecule has 1 saturated heterocycles. The van der Waals surface area contributed by atoms with Gasteiger partial charge in [0.15, 0.2) is 0 Å². The van der Waals surface area contributed by atoms with Crippen LogP contribution in [0.15, 0.2) is 41.3 Å². The fraction of sp³-hybridized carbons (Fsp3) is 0.500. The lowest BCUT2D eigenvalue weighted by atomic mass is 9.96. The average molecular weight is 354 g/mol. The van der Waals surface area contributed by atoms with E-state index >= 15 is 0 Å². The summed E-state index contributed by atoms with van der Waals surface area (Å²) in [6.07, 6.45) is 3.99. The lowest BCUT2D eigenvalue weighted by Crippen LogP contribution is -2.48. The highest BCUT2D eigenvalue weighted by Gasteiger charge is 2.23. The van der Waals surface area contributed by atoms with Crippen molar-refractivity contribution >= 4 is 5.69 Å². The monoisotopic (exact) mass is 354 g/mol. The third-order valence-corrected chi connectivity index (χ3v) is 5.47. The van der Waals surface area contributed by atoms with Crippen LogP contribution >= 0.6 is 0 Å². The molecule has 1 fully saturated rings. The molecule has 6 heteroatoms. The van der Waals surface area contributed by atoms with Gasteiger partial charge in [-0.15, -0.1) is 0 Å². The molecule has 0 unspecified atom stereocenters. The van der Waals surface area contributed by atoms with Gasteiger partial charge in [0.05, 0.1) is 18.5 Å². The Hall–Kier alpha value is -2.34. The quantitative estimate of drug-likeness (QED) is 0.837. The first kappa shape index (κ1) is 17.1. The molecule has 0 N–H and O–H groups in total. The highest BCUT2D eigenvalue weighted by atomic mass is 16.5. The molecule has 138 valence electrons. The van der Waals surface area contributed by atoms with Crippen molar-refractivity contribution in [1.82, 2.24) is 14.7 Å². The maximum absolute atomic E-state index is 11.8. The van der Waals surface area contributed by atoms with E-state index in [1.165, 1.54) is 10.2 Å². The number of benzene rings is 1. The summed E-state index contributed by atoms with van der Waals surface area (Å²) in [4.78, 5) is 16.6. The Morgan fingerprint density at radius 1 is 1.19 bits per heavy atom. The van der Waals surface area contributed by atoms with Gasteiger partial charge in [0.25, 0.3) is 5.56 Å². The van der Waals surface area contributed by atoms with E-state index in [-0.39, 0.29) is 5.56 Å². The zero-order valence-electron chi connectivity index (χ0n) is 15.3. The third kappa shape index (κ3) is 3.75. The molecule has 1 atom stereocenters. The number of nitrogens with zero attached hydrogens (tertiary/aromatic N) is 4. The van der Waals surface area contributed by atoms with Gasteiger partial charge in [-0.2, -0.15) is 5.10 Å². The number of ether oxygens (including phenoxy) is 1. The number of rotatable bonds is 3. The number of aromatic nitrogens is 2. The predicted molar refractivity (Wildman–Crippen MR) is 102 cm³/mol. The molecule has 4 rings (SSSR count). The van der Waals surface area contributed by atoms with Crippen LogP contribution in [0, 0.1) is 5.92 Å². The molecule has 0 spiro atoms. The molecular formula is C20H26N4O2. The number of hydrogen-bond donors (Lipinski definition) is 0. The zero-order valence-corrected chi connectivity index (χ0v) is 15.3. The van der Waals surface area contributed by atoms with Gasteiger partial charge in [0, 0.05) is 45.8 Å². The highest BCUT2D eigenvalue weighted by molar-refractivity contribution is 5.43. The molecule has 0 saturated carbocycles. The van der Waals surface area contributed by atoms with Gasteiger partial charge in [-0.3, -0.25) is 9.69 Å². The first-order valence-corrected chi connectivity index (χ1v) is 9.40. The Balaban J connectivity index is 1.34. The van der Waals surface area contributed by atoms with Gasteiger partial charge in [-0.1, -0.05) is 18.2 Å². The van der Waals surface area contributed by atoms with E-state index in [1.807, 2.05) is 6.07 Å². The van der Waals surface area contributed by atoms with Gasteiger partial charge < -0.3 is 9.64 Å². The normalized spacial score (nSPS) is 21.0. The number of fused-ring (bicyclic) bond motifs is 1. The topological polar surface area (TPSA) is 50.6 Å². The molecule has 3 heterocycles. The number of aryl methyl sites for hydroxylation is 1. The predicted octanol–water partition coefficient (Wildman–Crippen LogP) is 1.54. The number of piperazine rings is 1. The van der Waals surface area contributed by atoms with E-state index in [4.69, 9.17) is 4.74 Å². The van der Waals surface area contributed by atoms with Crippen LogP contribution in [0.25, 0.3) is 0 Å². The fourth-order valence-corrected chi connectivity index (χ4v) is 3.90. The SMILES string of the molecule is Cn1ncc(N2CCN(C[C@H]3CCOc4ccccc4C3)CC2)cc1=O. The number of hydrogen-bond acceptors (Lipinski definition) is 5. The Morgan fingerprint density at radius 2 is 2.00 bits per heavy atom. The maximum Gasteiger partial charge on any atom is 0.268 e. The molecule has 2 aliphatic heterocycles. The van der Waals surface area contributed by atoms with Crippen LogP contribution in [-0.2, 0) is 13.5 Å². The zero-order chi connectivity index (χ0) is 17.9. The molecule has 2 aliphatic rings. The number of para-hydroxylation sites is 1. The molecule has 0 radical (unpaired) electrons. The van der Waals surface area contributed by atoms with Crippen LogP contribution < -0.4 is 15.2 Å². The summed E-state index contributed by atoms with van der Waals surface area (Å²) >= 11 is 0. The van der Waals surface area contributed by atoms with E-state index in [1.54, 1.807) is 19.3 Å². The number of anilines is 1. The summed E-state index contributed by atoms with van der Waals surface area (Å²) in [5.74, 6) is 1.69. The summed E-state index contributed by atoms with van der Waals surface area (Å²) in [7, 11) is 1.68. The minimum Gasteiger partial charge on any atom is -0.493 e. The molecule has 0 aliphatic carbocycles. The van der Waals surface area contributed by atoms with Gasteiger partial charge in [0.1, 0.15) is 5.75 Å². The van der Waals surface area contributed by atoms with Gasteiger partial charge in [-0.05, 0) is 30.4 Å². The minimum absolute atomic E-state index is 0.0537. The third-order valence-electron chi connectivity index (χ3n) is 5.47. The molecule has 2 aromatic rings. The molecule has 6 nitrogen and oxygen atoms in total. The van der Waals surface area contributed by atoms with Crippen molar-refractivity contribution in [2.45, 2.75) is 12.8 Å². The summed E-state index contributed by atoms with van der Waals surface area (Å²) < 4.78 is 7.27. The van der Waals surface area contributed by atoms with Gasteiger partial charge in [0.2, 0.25) is 0 Å². The average Bonchev–Trinajstić information content (AvgIpc) is 2.86. The summed E-state index contributed by atoms with van der Waals surface area (Å²) in [6, 6.07) is 10.1. The Kier molecular flexibility index (Phi) is 4.93. The lowest BCUT2D eigenvalue weighted by Gasteiger charge is -2.37. The molecule has 0 amide bonds. The Bertz CT molecular complexity index is 811. The smallest absolute Gasteiger partial charge is 0.268 e. The van der Waals surface area contributed by atoms with Gasteiger partial charge >= 0.3 is 0 Å². The van der Waals surface area contributed by atoms with Crippen molar-refractivity contribution < 1.29 is 4.74 Å². The minimum atomic E-state index is -0.0537. The first-order valence-electron chi connectivity index (χ1n) is 9.40. The van der Waals surface area contributed by atoms with E-state index in [0.717, 1.165) is 63.6 Å². The van der Waals surface area contributed by atoms with E-state index < -0.39 is 0 Å². The van der Waals surface area contributed by atoms with Crippen molar-refractivity contribution in [3.05, 3.63) is 52.4 Å². The molecular weight excluding hydrogens is 328 g/mol. The molecule has 0 bridgehead atoms. The second kappa shape index (κ2) is 7.50. The largest absolute Gasteiger partial charge is 0.493 e. The van der Waals surface area contributed by atoms with E-state index in [0.29, 0.717) is 5.92 Å². The molecule has 1 aromatic heterocycles.